The SMILES string of the molecule is CCC1(C(F)(F)F)CN(S(=O)(=O)Cl)CCO1. The van der Waals surface area contributed by atoms with Crippen LogP contribution in [0.4, 0.5) is 13.2 Å². The molecule has 0 amide bonds. The summed E-state index contributed by atoms with van der Waals surface area (Å²) >= 11 is 0. The number of morpholine rings is 1. The van der Waals surface area contributed by atoms with Gasteiger partial charge < -0.3 is 4.74 Å². The van der Waals surface area contributed by atoms with Gasteiger partial charge in [-0.05, 0) is 6.42 Å². The first kappa shape index (κ1) is 14.0. The van der Waals surface area contributed by atoms with Crippen molar-refractivity contribution in [1.82, 2.24) is 4.31 Å². The fraction of sp³-hybridized carbons (Fsp3) is 1.00. The molecule has 1 atom stereocenters. The van der Waals surface area contributed by atoms with Crippen molar-refractivity contribution < 1.29 is 26.3 Å². The molecule has 0 saturated carbocycles. The van der Waals surface area contributed by atoms with Crippen LogP contribution in [0.5, 0.6) is 0 Å². The molecule has 9 heteroatoms. The molecule has 1 unspecified atom stereocenters. The van der Waals surface area contributed by atoms with Crippen LogP contribution in [0, 0.1) is 0 Å². The Bertz CT molecular complexity index is 358. The Hall–Kier alpha value is -0.0500. The first-order valence-electron chi connectivity index (χ1n) is 4.53. The Morgan fingerprint density at radius 2 is 2.06 bits per heavy atom. The van der Waals surface area contributed by atoms with Crippen molar-refractivity contribution in [3.05, 3.63) is 0 Å². The van der Waals surface area contributed by atoms with Crippen LogP contribution in [0.3, 0.4) is 0 Å². The zero-order valence-electron chi connectivity index (χ0n) is 8.42. The molecule has 16 heavy (non-hydrogen) atoms. The molecule has 4 nitrogen and oxygen atoms in total. The van der Waals surface area contributed by atoms with Gasteiger partial charge in [0, 0.05) is 17.2 Å². The molecule has 0 aromatic carbocycles. The van der Waals surface area contributed by atoms with Crippen molar-refractivity contribution in [2.45, 2.75) is 25.1 Å². The maximum atomic E-state index is 12.8. The summed E-state index contributed by atoms with van der Waals surface area (Å²) in [5.41, 5.74) is -2.45. The standard InChI is InChI=1S/C7H11ClF3NO3S/c1-2-6(7(9,10)11)5-12(3-4-15-6)16(8,13)14/h2-5H2,1H3. The summed E-state index contributed by atoms with van der Waals surface area (Å²) in [5, 5.41) is 0. The minimum atomic E-state index is -4.62. The fourth-order valence-corrected chi connectivity index (χ4v) is 2.53. The second kappa shape index (κ2) is 4.32. The molecule has 1 aliphatic heterocycles. The van der Waals surface area contributed by atoms with Gasteiger partial charge >= 0.3 is 6.18 Å². The van der Waals surface area contributed by atoms with Gasteiger partial charge in [0.05, 0.1) is 13.2 Å². The van der Waals surface area contributed by atoms with Gasteiger partial charge in [0.15, 0.2) is 5.60 Å². The van der Waals surface area contributed by atoms with E-state index in [2.05, 4.69) is 0 Å². The topological polar surface area (TPSA) is 46.6 Å². The molecule has 0 aromatic rings. The zero-order chi connectivity index (χ0) is 12.6. The molecule has 1 heterocycles. The third-order valence-corrected chi connectivity index (χ3v) is 4.06. The maximum absolute atomic E-state index is 12.8. The van der Waals surface area contributed by atoms with E-state index in [0.717, 1.165) is 0 Å². The second-order valence-corrected chi connectivity index (χ2v) is 5.98. The van der Waals surface area contributed by atoms with Crippen LogP contribution in [0.15, 0.2) is 0 Å². The predicted molar refractivity (Wildman–Crippen MR) is 51.4 cm³/mol. The van der Waals surface area contributed by atoms with Gasteiger partial charge in [0.2, 0.25) is 0 Å². The summed E-state index contributed by atoms with van der Waals surface area (Å²) < 4.78 is 65.6. The maximum Gasteiger partial charge on any atom is 0.418 e. The average molecular weight is 282 g/mol. The lowest BCUT2D eigenvalue weighted by Crippen LogP contribution is -2.60. The van der Waals surface area contributed by atoms with Crippen molar-refractivity contribution in [2.75, 3.05) is 19.7 Å². The summed E-state index contributed by atoms with van der Waals surface area (Å²) in [6.07, 6.45) is -4.98. The largest absolute Gasteiger partial charge is 0.418 e. The second-order valence-electron chi connectivity index (χ2n) is 3.47. The Morgan fingerprint density at radius 1 is 1.50 bits per heavy atom. The van der Waals surface area contributed by atoms with Crippen LogP contribution in [-0.2, 0) is 14.0 Å². The van der Waals surface area contributed by atoms with E-state index in [4.69, 9.17) is 15.4 Å². The molecular formula is C7H11ClF3NO3S. The quantitative estimate of drug-likeness (QED) is 0.721. The molecule has 0 aliphatic carbocycles. The van der Waals surface area contributed by atoms with E-state index < -0.39 is 27.6 Å². The zero-order valence-corrected chi connectivity index (χ0v) is 9.99. The average Bonchev–Trinajstić information content (AvgIpc) is 2.15. The molecule has 0 aromatic heterocycles. The molecule has 1 fully saturated rings. The number of rotatable bonds is 2. The first-order chi connectivity index (χ1) is 7.12. The Balaban J connectivity index is 2.99. The van der Waals surface area contributed by atoms with Crippen molar-refractivity contribution in [1.29, 1.82) is 0 Å². The minimum Gasteiger partial charge on any atom is -0.363 e. The van der Waals surface area contributed by atoms with E-state index in [1.807, 2.05) is 0 Å². The van der Waals surface area contributed by atoms with Crippen LogP contribution in [0.1, 0.15) is 13.3 Å². The predicted octanol–water partition coefficient (Wildman–Crippen LogP) is 1.51. The van der Waals surface area contributed by atoms with E-state index in [0.29, 0.717) is 4.31 Å². The molecule has 1 saturated heterocycles. The molecule has 0 spiro atoms. The molecule has 0 radical (unpaired) electrons. The van der Waals surface area contributed by atoms with Crippen molar-refractivity contribution in [3.8, 4) is 0 Å². The molecular weight excluding hydrogens is 271 g/mol. The Kier molecular flexibility index (Phi) is 3.78. The summed E-state index contributed by atoms with van der Waals surface area (Å²) in [4.78, 5) is 0. The molecule has 1 aliphatic rings. The molecule has 1 rings (SSSR count). The number of halogens is 4. The molecule has 0 bridgehead atoms. The highest BCUT2D eigenvalue weighted by atomic mass is 35.7. The lowest BCUT2D eigenvalue weighted by Gasteiger charge is -2.41. The van der Waals surface area contributed by atoms with Gasteiger partial charge in [-0.3, -0.25) is 0 Å². The Morgan fingerprint density at radius 3 is 2.44 bits per heavy atom. The van der Waals surface area contributed by atoms with E-state index in [-0.39, 0.29) is 19.6 Å². The summed E-state index contributed by atoms with van der Waals surface area (Å²) in [6.45, 7) is 0.0135. The highest BCUT2D eigenvalue weighted by Gasteiger charge is 2.58. The van der Waals surface area contributed by atoms with E-state index in [1.54, 1.807) is 0 Å². The van der Waals surface area contributed by atoms with Crippen LogP contribution in [0.2, 0.25) is 0 Å². The van der Waals surface area contributed by atoms with Crippen LogP contribution in [0.25, 0.3) is 0 Å². The highest BCUT2D eigenvalue weighted by molar-refractivity contribution is 8.11. The highest BCUT2D eigenvalue weighted by Crippen LogP contribution is 2.39. The third-order valence-electron chi connectivity index (χ3n) is 2.55. The monoisotopic (exact) mass is 281 g/mol. The van der Waals surface area contributed by atoms with Crippen molar-refractivity contribution >= 4 is 19.9 Å². The van der Waals surface area contributed by atoms with Gasteiger partial charge in [-0.25, -0.2) is 0 Å². The summed E-state index contributed by atoms with van der Waals surface area (Å²) in [5.74, 6) is 0. The van der Waals surface area contributed by atoms with E-state index in [1.165, 1.54) is 6.92 Å². The van der Waals surface area contributed by atoms with Crippen LogP contribution < -0.4 is 0 Å². The normalized spacial score (nSPS) is 29.3. The van der Waals surface area contributed by atoms with Crippen LogP contribution >= 0.6 is 10.7 Å². The Labute approximate surface area is 95.9 Å². The number of hydrogen-bond donors (Lipinski definition) is 0. The number of hydrogen-bond acceptors (Lipinski definition) is 3. The molecule has 0 N–H and O–H groups in total. The summed E-state index contributed by atoms with van der Waals surface area (Å²) in [7, 11) is 0.880. The van der Waals surface area contributed by atoms with Gasteiger partial charge in [-0.2, -0.15) is 25.9 Å². The van der Waals surface area contributed by atoms with E-state index >= 15 is 0 Å². The van der Waals surface area contributed by atoms with Gasteiger partial charge in [-0.15, -0.1) is 0 Å². The van der Waals surface area contributed by atoms with E-state index in [9.17, 15) is 21.6 Å². The van der Waals surface area contributed by atoms with Gasteiger partial charge in [0.25, 0.3) is 9.24 Å². The van der Waals surface area contributed by atoms with Gasteiger partial charge in [-0.1, -0.05) is 6.92 Å². The van der Waals surface area contributed by atoms with Gasteiger partial charge in [0.1, 0.15) is 0 Å². The van der Waals surface area contributed by atoms with Crippen molar-refractivity contribution in [3.63, 3.8) is 0 Å². The lowest BCUT2D eigenvalue weighted by molar-refractivity contribution is -0.291. The minimum absolute atomic E-state index is 0.163. The first-order valence-corrected chi connectivity index (χ1v) is 6.79. The van der Waals surface area contributed by atoms with Crippen LogP contribution in [-0.4, -0.2) is 44.2 Å². The number of nitrogens with zero attached hydrogens (tertiary/aromatic N) is 1. The number of alkyl halides is 3. The smallest absolute Gasteiger partial charge is 0.363 e. The van der Waals surface area contributed by atoms with Crippen molar-refractivity contribution in [2.24, 2.45) is 0 Å². The fourth-order valence-electron chi connectivity index (χ4n) is 1.52. The lowest BCUT2D eigenvalue weighted by atomic mass is 9.98. The third kappa shape index (κ3) is 2.61. The number of ether oxygens (including phenoxy) is 1. The molecule has 96 valence electrons. The summed E-state index contributed by atoms with van der Waals surface area (Å²) in [6, 6.07) is 0.